The Morgan fingerprint density at radius 2 is 1.41 bits per heavy atom. The van der Waals surface area contributed by atoms with E-state index in [0.29, 0.717) is 62.9 Å². The van der Waals surface area contributed by atoms with Gasteiger partial charge in [-0.25, -0.2) is 14.6 Å². The van der Waals surface area contributed by atoms with Crippen LogP contribution in [-0.4, -0.2) is 180 Å². The smallest absolute Gasteiger partial charge is 0.408 e. The molecule has 1 fully saturated rings. The number of primary amides is 1. The first-order valence-electron chi connectivity index (χ1n) is 32.8. The minimum atomic E-state index is -1.60. The standard InChI is InChI=1S/C67H105N13O14S/c1-14-41(6)55(51(92-12)37-52(82)80-34-21-26-50(80)56(93-13)42(7)57(83)75-49(62-70-33-35-95-62)36-44-22-16-15-17-23-44)79(11)63(88)54(40(4)5)77-64(89)67(9,10)78-66(91)94-38-45-27-29-46(30-28-45)72-59(85)48(25-20-32-71-65(69)90)74-61(87)53(39(2)3)76-60(86)47(24-18-19-31-68)73-58(84)43(8)81/h15-17,22-23,27-30,33,35,39-43,47-51,53-56,81H,14,18-21,24-26,31-32,34,36-38,68H2,1-13H3,(H,72,85)(H,73,84)(H,74,87)(H,75,83)(H,76,86)(H,77,89)(H,78,91)(H3,69,71,90)/t41-,42+,43-,47-,48-,49-,50-,51+,53-,54-,55?,56+/m0/s1. The number of methoxy groups -OCH3 is 2. The number of urea groups is 1. The number of nitrogens with zero attached hydrogens (tertiary/aromatic N) is 3. The van der Waals surface area contributed by atoms with Gasteiger partial charge in [0.05, 0.1) is 42.7 Å². The lowest BCUT2D eigenvalue weighted by molar-refractivity contribution is -0.148. The van der Waals surface area contributed by atoms with Crippen molar-refractivity contribution in [2.45, 2.75) is 206 Å². The normalized spacial score (nSPS) is 16.6. The molecule has 528 valence electrons. The first-order valence-corrected chi connectivity index (χ1v) is 33.7. The van der Waals surface area contributed by atoms with E-state index in [-0.39, 0.29) is 62.6 Å². The third-order valence-electron chi connectivity index (χ3n) is 17.2. The van der Waals surface area contributed by atoms with Crippen LogP contribution in [0.2, 0.25) is 0 Å². The number of likely N-dealkylation sites (N-methyl/N-ethyl adjacent to an activating group) is 1. The van der Waals surface area contributed by atoms with Crippen LogP contribution < -0.4 is 54.0 Å². The Balaban J connectivity index is 1.38. The number of benzene rings is 2. The predicted octanol–water partition coefficient (Wildman–Crippen LogP) is 4.32. The summed E-state index contributed by atoms with van der Waals surface area (Å²) in [7, 11) is 4.68. The lowest BCUT2D eigenvalue weighted by atomic mass is 9.89. The molecule has 0 saturated carbocycles. The third kappa shape index (κ3) is 24.7. The lowest BCUT2D eigenvalue weighted by Gasteiger charge is -2.41. The molecular formula is C67H105N13O14S. The maximum absolute atomic E-state index is 14.7. The van der Waals surface area contributed by atoms with Gasteiger partial charge in [0.25, 0.3) is 0 Å². The van der Waals surface area contributed by atoms with E-state index in [1.54, 1.807) is 77.2 Å². The van der Waals surface area contributed by atoms with Gasteiger partial charge in [0.1, 0.15) is 47.4 Å². The van der Waals surface area contributed by atoms with Crippen molar-refractivity contribution in [2.75, 3.05) is 46.2 Å². The van der Waals surface area contributed by atoms with Gasteiger partial charge in [-0.2, -0.15) is 0 Å². The fourth-order valence-corrected chi connectivity index (χ4v) is 12.1. The minimum absolute atomic E-state index is 0.0375. The van der Waals surface area contributed by atoms with Crippen LogP contribution in [0.5, 0.6) is 0 Å². The number of ether oxygens (including phenoxy) is 3. The van der Waals surface area contributed by atoms with Crippen molar-refractivity contribution in [3.8, 4) is 0 Å². The number of amides is 11. The molecule has 13 N–H and O–H groups in total. The number of hydrogen-bond acceptors (Lipinski definition) is 17. The molecule has 1 aromatic heterocycles. The molecule has 2 aromatic carbocycles. The number of anilines is 1. The molecular weight excluding hydrogens is 1240 g/mol. The van der Waals surface area contributed by atoms with E-state index in [9.17, 15) is 53.1 Å². The van der Waals surface area contributed by atoms with Gasteiger partial charge in [0.2, 0.25) is 47.3 Å². The molecule has 95 heavy (non-hydrogen) atoms. The van der Waals surface area contributed by atoms with Crippen molar-refractivity contribution in [1.29, 1.82) is 0 Å². The van der Waals surface area contributed by atoms with Crippen LogP contribution in [0.15, 0.2) is 66.2 Å². The SMILES string of the molecule is CC[C@H](C)C([C@@H](CC(=O)N1CCC[C@H]1[C@H](OC)[C@@H](C)C(=O)N[C@@H](Cc1ccccc1)c1nccs1)OC)N(C)C(=O)[C@@H](NC(=O)C(C)(C)NC(=O)OCc1ccc(NC(=O)[C@H](CCCNC(N)=O)NC(=O)[C@@H](NC(=O)[C@H](CCCCN)NC(=O)[C@H](C)O)C(C)C)cc1)C(C)C. The number of aliphatic hydroxyl groups excluding tert-OH is 1. The summed E-state index contributed by atoms with van der Waals surface area (Å²) in [4.78, 5) is 144. The quantitative estimate of drug-likeness (QED) is 0.0354. The first kappa shape index (κ1) is 79.6. The highest BCUT2D eigenvalue weighted by Gasteiger charge is 2.44. The Bertz CT molecular complexity index is 2960. The van der Waals surface area contributed by atoms with Gasteiger partial charge in [0, 0.05) is 51.6 Å². The highest BCUT2D eigenvalue weighted by Crippen LogP contribution is 2.31. The molecule has 1 saturated heterocycles. The number of unbranched alkanes of at least 4 members (excludes halogenated alkanes) is 1. The number of carbonyl (C=O) groups excluding carboxylic acids is 10. The van der Waals surface area contributed by atoms with Crippen molar-refractivity contribution in [3.05, 3.63) is 82.3 Å². The summed E-state index contributed by atoms with van der Waals surface area (Å²) in [6.45, 7) is 17.5. The zero-order chi connectivity index (χ0) is 70.7. The van der Waals surface area contributed by atoms with Crippen LogP contribution in [0, 0.1) is 23.7 Å². The molecule has 28 heteroatoms. The van der Waals surface area contributed by atoms with Gasteiger partial charge in [-0.05, 0) is 120 Å². The minimum Gasteiger partial charge on any atom is -0.445 e. The molecule has 3 aromatic rings. The van der Waals surface area contributed by atoms with E-state index in [1.165, 1.54) is 44.1 Å². The van der Waals surface area contributed by atoms with Crippen LogP contribution in [0.4, 0.5) is 15.3 Å². The van der Waals surface area contributed by atoms with E-state index < -0.39 is 125 Å². The molecule has 4 rings (SSSR count). The third-order valence-corrected chi connectivity index (χ3v) is 18.1. The number of nitrogens with two attached hydrogens (primary N) is 2. The average Bonchev–Trinajstić information content (AvgIpc) is 1.81. The van der Waals surface area contributed by atoms with Crippen molar-refractivity contribution in [2.24, 2.45) is 35.1 Å². The highest BCUT2D eigenvalue weighted by atomic mass is 32.1. The fraction of sp³-hybridized carbons (Fsp3) is 0.627. The second-order valence-electron chi connectivity index (χ2n) is 25.7. The molecule has 11 amide bonds. The van der Waals surface area contributed by atoms with Gasteiger partial charge >= 0.3 is 12.1 Å². The fourth-order valence-electron chi connectivity index (χ4n) is 11.4. The zero-order valence-corrected chi connectivity index (χ0v) is 58.3. The second kappa shape index (κ2) is 39.3. The summed E-state index contributed by atoms with van der Waals surface area (Å²) in [6, 6.07) is 9.42. The number of alkyl carbamates (subject to hydrolysis) is 1. The highest BCUT2D eigenvalue weighted by molar-refractivity contribution is 7.09. The molecule has 0 aliphatic carbocycles. The van der Waals surface area contributed by atoms with E-state index >= 15 is 0 Å². The summed E-state index contributed by atoms with van der Waals surface area (Å²) in [6.07, 6.45) is 1.83. The van der Waals surface area contributed by atoms with Crippen molar-refractivity contribution < 1.29 is 67.3 Å². The van der Waals surface area contributed by atoms with Gasteiger partial charge in [-0.3, -0.25) is 38.4 Å². The van der Waals surface area contributed by atoms with Crippen LogP contribution in [0.1, 0.15) is 149 Å². The summed E-state index contributed by atoms with van der Waals surface area (Å²) < 4.78 is 17.7. The Hall–Kier alpha value is -7.79. The zero-order valence-electron chi connectivity index (χ0n) is 57.5. The summed E-state index contributed by atoms with van der Waals surface area (Å²) in [5, 5.41) is 34.2. The maximum atomic E-state index is 14.7. The molecule has 12 atom stereocenters. The number of likely N-dealkylation sites (tertiary alicyclic amines) is 1. The van der Waals surface area contributed by atoms with E-state index in [4.69, 9.17) is 25.7 Å². The van der Waals surface area contributed by atoms with Crippen molar-refractivity contribution in [1.82, 2.24) is 52.0 Å². The van der Waals surface area contributed by atoms with Crippen LogP contribution in [-0.2, 0) is 65.6 Å². The molecule has 0 bridgehead atoms. The first-order chi connectivity index (χ1) is 45.0. The predicted molar refractivity (Wildman–Crippen MR) is 361 cm³/mol. The maximum Gasteiger partial charge on any atom is 0.408 e. The molecule has 27 nitrogen and oxygen atoms in total. The Morgan fingerprint density at radius 1 is 0.768 bits per heavy atom. The van der Waals surface area contributed by atoms with Crippen molar-refractivity contribution in [3.63, 3.8) is 0 Å². The summed E-state index contributed by atoms with van der Waals surface area (Å²) >= 11 is 1.47. The molecule has 1 unspecified atom stereocenters. The van der Waals surface area contributed by atoms with Crippen molar-refractivity contribution >= 4 is 76.4 Å². The van der Waals surface area contributed by atoms with Gasteiger partial charge < -0.3 is 83.1 Å². The molecule has 1 aliphatic rings. The second-order valence-corrected chi connectivity index (χ2v) is 26.6. The lowest BCUT2D eigenvalue weighted by Crippen LogP contribution is -2.62. The van der Waals surface area contributed by atoms with Crippen LogP contribution >= 0.6 is 11.3 Å². The molecule has 0 radical (unpaired) electrons. The van der Waals surface area contributed by atoms with Crippen LogP contribution in [0.3, 0.4) is 0 Å². The monoisotopic (exact) mass is 1350 g/mol. The van der Waals surface area contributed by atoms with E-state index in [1.807, 2.05) is 56.5 Å². The number of hydrogen-bond donors (Lipinski definition) is 11. The average molecular weight is 1350 g/mol. The molecule has 1 aliphatic heterocycles. The number of aliphatic hydroxyl groups is 1. The van der Waals surface area contributed by atoms with Crippen LogP contribution in [0.25, 0.3) is 0 Å². The largest absolute Gasteiger partial charge is 0.445 e. The summed E-state index contributed by atoms with van der Waals surface area (Å²) in [5.74, 6) is -6.06. The number of rotatable bonds is 39. The Morgan fingerprint density at radius 3 is 1.99 bits per heavy atom. The Kier molecular flexibility index (Phi) is 32.9. The van der Waals surface area contributed by atoms with E-state index in [2.05, 4.69) is 47.5 Å². The number of thiazole rings is 1. The van der Waals surface area contributed by atoms with E-state index in [0.717, 1.165) is 10.6 Å². The Labute approximate surface area is 563 Å². The van der Waals surface area contributed by atoms with Gasteiger partial charge in [-0.1, -0.05) is 97.4 Å². The number of nitrogens with one attached hydrogen (secondary N) is 8. The van der Waals surface area contributed by atoms with Gasteiger partial charge in [-0.15, -0.1) is 11.3 Å². The summed E-state index contributed by atoms with van der Waals surface area (Å²) in [5.41, 5.74) is 11.1. The molecule has 2 heterocycles. The topological polar surface area (TPSA) is 386 Å². The molecule has 0 spiro atoms. The van der Waals surface area contributed by atoms with Gasteiger partial charge in [0.15, 0.2) is 0 Å². The number of aromatic nitrogens is 1. The number of carbonyl (C=O) groups is 10.